The molecule has 0 atom stereocenters. The third-order valence-corrected chi connectivity index (χ3v) is 3.96. The molecule has 0 saturated carbocycles. The van der Waals surface area contributed by atoms with Crippen LogP contribution in [-0.4, -0.2) is 46.1 Å². The molecule has 3 aromatic heterocycles. The number of nitrogens with two attached hydrogens (primary N) is 1. The molecule has 4 N–H and O–H groups in total. The van der Waals surface area contributed by atoms with Crippen molar-refractivity contribution in [2.75, 3.05) is 36.8 Å². The number of hydrogen-bond donors (Lipinski definition) is 3. The number of nitrogen functional groups attached to an aromatic ring is 1. The zero-order valence-electron chi connectivity index (χ0n) is 12.1. The van der Waals surface area contributed by atoms with E-state index < -0.39 is 0 Å². The van der Waals surface area contributed by atoms with Gasteiger partial charge in [0.15, 0.2) is 0 Å². The van der Waals surface area contributed by atoms with Crippen molar-refractivity contribution in [3.63, 3.8) is 0 Å². The Labute approximate surface area is 127 Å². The summed E-state index contributed by atoms with van der Waals surface area (Å²) < 4.78 is 0. The average Bonchev–Trinajstić information content (AvgIpc) is 3.00. The molecular formula is C15H17N7. The summed E-state index contributed by atoms with van der Waals surface area (Å²) in [5.41, 5.74) is 9.58. The fourth-order valence-electron chi connectivity index (χ4n) is 2.93. The Morgan fingerprint density at radius 3 is 2.73 bits per heavy atom. The largest absolute Gasteiger partial charge is 0.368 e. The first-order chi connectivity index (χ1) is 10.8. The Bertz CT molecular complexity index is 805. The van der Waals surface area contributed by atoms with Gasteiger partial charge >= 0.3 is 0 Å². The van der Waals surface area contributed by atoms with E-state index in [0.717, 1.165) is 48.5 Å². The number of hydrogen-bond acceptors (Lipinski definition) is 6. The van der Waals surface area contributed by atoms with Gasteiger partial charge in [-0.15, -0.1) is 0 Å². The number of aromatic amines is 1. The predicted octanol–water partition coefficient (Wildman–Crippen LogP) is 1.01. The molecule has 0 amide bonds. The van der Waals surface area contributed by atoms with Crippen LogP contribution in [0.3, 0.4) is 0 Å². The highest BCUT2D eigenvalue weighted by atomic mass is 15.2. The molecule has 7 heteroatoms. The van der Waals surface area contributed by atoms with Crippen LogP contribution in [0.2, 0.25) is 0 Å². The topological polar surface area (TPSA) is 95.8 Å². The zero-order chi connectivity index (χ0) is 14.9. The second kappa shape index (κ2) is 5.27. The second-order valence-corrected chi connectivity index (χ2v) is 5.29. The van der Waals surface area contributed by atoms with E-state index in [0.29, 0.717) is 0 Å². The summed E-state index contributed by atoms with van der Waals surface area (Å²) in [5.74, 6) is 0.277. The lowest BCUT2D eigenvalue weighted by Gasteiger charge is -2.30. The minimum atomic E-state index is 0.277. The van der Waals surface area contributed by atoms with Gasteiger partial charge in [-0.2, -0.15) is 0 Å². The highest BCUT2D eigenvalue weighted by molar-refractivity contribution is 6.02. The highest BCUT2D eigenvalue weighted by Crippen LogP contribution is 2.34. The number of H-pyrrole nitrogens is 1. The molecule has 1 aliphatic rings. The van der Waals surface area contributed by atoms with Gasteiger partial charge in [0, 0.05) is 50.3 Å². The molecule has 4 heterocycles. The number of nitrogens with one attached hydrogen (secondary N) is 2. The van der Waals surface area contributed by atoms with Gasteiger partial charge < -0.3 is 20.9 Å². The minimum Gasteiger partial charge on any atom is -0.368 e. The lowest BCUT2D eigenvalue weighted by atomic mass is 10.1. The normalized spacial score (nSPS) is 15.4. The number of anilines is 2. The molecular weight excluding hydrogens is 278 g/mol. The van der Waals surface area contributed by atoms with Crippen LogP contribution in [0.15, 0.2) is 30.7 Å². The standard InChI is InChI=1S/C15H17N7/c16-15-19-3-1-11(21-15)10-9-20-14-13(10)12(2-4-18-14)22-7-5-17-6-8-22/h1-4,9,17H,5-8H2,(H,18,20)(H2,16,19,21). The van der Waals surface area contributed by atoms with Crippen molar-refractivity contribution >= 4 is 22.7 Å². The van der Waals surface area contributed by atoms with Crippen LogP contribution < -0.4 is 16.0 Å². The van der Waals surface area contributed by atoms with E-state index in [4.69, 9.17) is 5.73 Å². The molecule has 0 aliphatic carbocycles. The first-order valence-electron chi connectivity index (χ1n) is 7.33. The van der Waals surface area contributed by atoms with E-state index in [-0.39, 0.29) is 5.95 Å². The number of aromatic nitrogens is 4. The van der Waals surface area contributed by atoms with Crippen molar-refractivity contribution in [3.05, 3.63) is 30.7 Å². The van der Waals surface area contributed by atoms with E-state index in [1.54, 1.807) is 6.20 Å². The molecule has 112 valence electrons. The molecule has 7 nitrogen and oxygen atoms in total. The van der Waals surface area contributed by atoms with Crippen molar-refractivity contribution in [1.29, 1.82) is 0 Å². The Morgan fingerprint density at radius 2 is 1.91 bits per heavy atom. The fraction of sp³-hybridized carbons (Fsp3) is 0.267. The molecule has 1 aliphatic heterocycles. The van der Waals surface area contributed by atoms with Crippen LogP contribution in [0.1, 0.15) is 0 Å². The molecule has 1 saturated heterocycles. The monoisotopic (exact) mass is 295 g/mol. The molecule has 3 aromatic rings. The number of piperazine rings is 1. The summed E-state index contributed by atoms with van der Waals surface area (Å²) in [5, 5.41) is 4.46. The van der Waals surface area contributed by atoms with Gasteiger partial charge in [0.25, 0.3) is 0 Å². The maximum atomic E-state index is 5.72. The summed E-state index contributed by atoms with van der Waals surface area (Å²) >= 11 is 0. The predicted molar refractivity (Wildman–Crippen MR) is 86.6 cm³/mol. The molecule has 0 spiro atoms. The smallest absolute Gasteiger partial charge is 0.220 e. The van der Waals surface area contributed by atoms with E-state index in [1.165, 1.54) is 5.69 Å². The summed E-state index contributed by atoms with van der Waals surface area (Å²) in [6.07, 6.45) is 5.46. The third-order valence-electron chi connectivity index (χ3n) is 3.96. The number of fused-ring (bicyclic) bond motifs is 1. The molecule has 0 bridgehead atoms. The summed E-state index contributed by atoms with van der Waals surface area (Å²) in [6.45, 7) is 3.94. The van der Waals surface area contributed by atoms with Gasteiger partial charge in [-0.1, -0.05) is 0 Å². The van der Waals surface area contributed by atoms with Crippen molar-refractivity contribution in [1.82, 2.24) is 25.3 Å². The van der Waals surface area contributed by atoms with Crippen LogP contribution in [0.5, 0.6) is 0 Å². The number of rotatable bonds is 2. The molecule has 22 heavy (non-hydrogen) atoms. The molecule has 0 radical (unpaired) electrons. The second-order valence-electron chi connectivity index (χ2n) is 5.29. The lowest BCUT2D eigenvalue weighted by Crippen LogP contribution is -2.43. The number of pyridine rings is 1. The van der Waals surface area contributed by atoms with E-state index in [2.05, 4.69) is 36.2 Å². The van der Waals surface area contributed by atoms with Crippen molar-refractivity contribution in [3.8, 4) is 11.3 Å². The Hall–Kier alpha value is -2.67. The minimum absolute atomic E-state index is 0.277. The van der Waals surface area contributed by atoms with Crippen LogP contribution >= 0.6 is 0 Å². The first kappa shape index (κ1) is 13.0. The Kier molecular flexibility index (Phi) is 3.12. The molecule has 0 aromatic carbocycles. The fourth-order valence-corrected chi connectivity index (χ4v) is 2.93. The maximum absolute atomic E-state index is 5.72. The molecule has 0 unspecified atom stereocenters. The summed E-state index contributed by atoms with van der Waals surface area (Å²) in [7, 11) is 0. The molecule has 1 fully saturated rings. The number of nitrogens with zero attached hydrogens (tertiary/aromatic N) is 4. The average molecular weight is 295 g/mol. The van der Waals surface area contributed by atoms with Crippen LogP contribution in [0.25, 0.3) is 22.3 Å². The Morgan fingerprint density at radius 1 is 1.09 bits per heavy atom. The van der Waals surface area contributed by atoms with Gasteiger partial charge in [0.05, 0.1) is 16.8 Å². The van der Waals surface area contributed by atoms with Gasteiger partial charge in [-0.25, -0.2) is 15.0 Å². The van der Waals surface area contributed by atoms with E-state index in [9.17, 15) is 0 Å². The van der Waals surface area contributed by atoms with Gasteiger partial charge in [0.1, 0.15) is 5.65 Å². The third kappa shape index (κ3) is 2.15. The first-order valence-corrected chi connectivity index (χ1v) is 7.33. The zero-order valence-corrected chi connectivity index (χ0v) is 12.1. The Balaban J connectivity index is 1.89. The van der Waals surface area contributed by atoms with E-state index >= 15 is 0 Å². The van der Waals surface area contributed by atoms with Gasteiger partial charge in [0.2, 0.25) is 5.95 Å². The highest BCUT2D eigenvalue weighted by Gasteiger charge is 2.18. The SMILES string of the molecule is Nc1nccc(-c2c[nH]c3nccc(N4CCNCC4)c23)n1. The van der Waals surface area contributed by atoms with Crippen LogP contribution in [0.4, 0.5) is 11.6 Å². The van der Waals surface area contributed by atoms with Crippen LogP contribution in [-0.2, 0) is 0 Å². The van der Waals surface area contributed by atoms with E-state index in [1.807, 2.05) is 18.5 Å². The van der Waals surface area contributed by atoms with Crippen molar-refractivity contribution in [2.45, 2.75) is 0 Å². The van der Waals surface area contributed by atoms with Crippen LogP contribution in [0, 0.1) is 0 Å². The van der Waals surface area contributed by atoms with Gasteiger partial charge in [-0.3, -0.25) is 0 Å². The maximum Gasteiger partial charge on any atom is 0.220 e. The summed E-state index contributed by atoms with van der Waals surface area (Å²) in [4.78, 5) is 18.3. The van der Waals surface area contributed by atoms with Gasteiger partial charge in [-0.05, 0) is 12.1 Å². The molecule has 4 rings (SSSR count). The quantitative estimate of drug-likeness (QED) is 0.653. The lowest BCUT2D eigenvalue weighted by molar-refractivity contribution is 0.590. The van der Waals surface area contributed by atoms with Crippen molar-refractivity contribution in [2.24, 2.45) is 0 Å². The van der Waals surface area contributed by atoms with Crippen molar-refractivity contribution < 1.29 is 0 Å². The summed E-state index contributed by atoms with van der Waals surface area (Å²) in [6, 6.07) is 3.93.